The molecule has 142 heavy (non-hydrogen) atoms. The van der Waals surface area contributed by atoms with E-state index in [-0.39, 0.29) is 0 Å². The predicted molar refractivity (Wildman–Crippen MR) is 436 cm³/mol. The van der Waals surface area contributed by atoms with E-state index in [1.54, 1.807) is 0 Å². The second-order valence-corrected chi connectivity index (χ2v) is 36.0. The molecule has 0 bridgehead atoms. The Kier molecular flexibility index (Phi) is 41.7. The Morgan fingerprint density at radius 1 is 0.303 bits per heavy atom. The number of ether oxygens (including phenoxy) is 21. The number of hydrogen-bond acceptors (Lipinski definition) is 57. The Morgan fingerprint density at radius 2 is 0.620 bits per heavy atom. The van der Waals surface area contributed by atoms with E-state index in [4.69, 9.17) is 99.5 Å². The van der Waals surface area contributed by atoms with Crippen molar-refractivity contribution in [1.29, 1.82) is 0 Å². The first-order valence-corrected chi connectivity index (χ1v) is 45.1. The summed E-state index contributed by atoms with van der Waals surface area (Å²) in [5, 5.41) is 360. The minimum atomic E-state index is -3.12. The molecule has 11 aliphatic heterocycles. The van der Waals surface area contributed by atoms with Crippen molar-refractivity contribution >= 4 is 35.5 Å². The van der Waals surface area contributed by atoms with Crippen LogP contribution in [0.15, 0.2) is 0 Å². The predicted octanol–water partition coefficient (Wildman–Crippen LogP) is -24.0. The monoisotopic (exact) mass is 2080 g/mol. The van der Waals surface area contributed by atoms with Crippen LogP contribution < -0.4 is 26.6 Å². The van der Waals surface area contributed by atoms with Gasteiger partial charge in [0.1, 0.15) is 256 Å². The quantitative estimate of drug-likeness (QED) is 0.0273. The van der Waals surface area contributed by atoms with E-state index in [1.165, 1.54) is 6.92 Å². The molecule has 63 nitrogen and oxygen atoms in total. The number of aliphatic hydroxyl groups excluding tert-OH is 30. The molecular formula is C79H131N5O58. The Bertz CT molecular complexity index is 4010. The number of nitrogens with one attached hydrogen (secondary N) is 5. The van der Waals surface area contributed by atoms with Crippen LogP contribution in [0.1, 0.15) is 48.0 Å². The smallest absolute Gasteiger partial charge is 0.364 e. The molecule has 0 aromatic rings. The number of rotatable bonds is 38. The maximum absolute atomic E-state index is 13.4. The number of carbonyl (C=O) groups excluding carboxylic acids is 5. The van der Waals surface area contributed by atoms with E-state index in [9.17, 15) is 187 Å². The van der Waals surface area contributed by atoms with Gasteiger partial charge in [-0.15, -0.1) is 0 Å². The Labute approximate surface area is 803 Å². The third-order valence-corrected chi connectivity index (χ3v) is 25.9. The highest BCUT2D eigenvalue weighted by atomic mass is 16.8. The summed E-state index contributed by atoms with van der Waals surface area (Å²) in [4.78, 5) is 77.5. The van der Waals surface area contributed by atoms with Crippen molar-refractivity contribution in [2.75, 3.05) is 66.1 Å². The van der Waals surface area contributed by atoms with Crippen molar-refractivity contribution in [2.24, 2.45) is 0 Å². The van der Waals surface area contributed by atoms with Gasteiger partial charge in [-0.25, -0.2) is 4.79 Å². The van der Waals surface area contributed by atoms with Crippen molar-refractivity contribution in [3.05, 3.63) is 0 Å². The third-order valence-electron chi connectivity index (χ3n) is 25.9. The lowest BCUT2D eigenvalue weighted by Gasteiger charge is -2.51. The van der Waals surface area contributed by atoms with Crippen LogP contribution in [0.2, 0.25) is 0 Å². The van der Waals surface area contributed by atoms with E-state index in [0.717, 1.165) is 34.6 Å². The maximum Gasteiger partial charge on any atom is 0.364 e. The van der Waals surface area contributed by atoms with Gasteiger partial charge in [0, 0.05) is 41.0 Å². The number of aliphatic hydroxyl groups is 30. The summed E-state index contributed by atoms with van der Waals surface area (Å²) in [6.45, 7) is -5.99. The van der Waals surface area contributed by atoms with Gasteiger partial charge in [-0.05, 0) is 6.92 Å². The SMILES string of the molecule is CC(=O)N[C@@H]1[C@@H](O)[C@H](O[C@@H]2O[C@H](CO)[C@@H](O[C@@H]3O[C@H](CO[C@H]4O[C@H](CO)[C@@H](O)[C@H](O)[C@@H]4O[C@@H]4O[C@H](CO)[C@@H](O[C@@H]5O[C@H](CO)[C@H](O)[C@H](O)[C@H]5O)[C@H](O)[C@H]4NC(C)=O)[C@@H](O)[C@H](O[C@H]4O[C@H](CO)[C@@H](O)[C@H](O)[C@@H]4O[C@@H]4O[C@H](CO)[C@@H](O[C@@H]5O[C@H](CO[C@]6(C(=O)O)C[C@H](O)[C@@H](NC(C)=O)[C@H]([C@H](O)[C@H](O)CO)O6)[C@H](O)[C@H](O)[C@H]5O)[C@H](O)[C@H]4NC(C)=O)[C@@H]3O)[C@H](O)[C@H]2NC(C)=O)[C@@H](CO[C@H]2O[C@H](C)[C@H](O)[C@H](O)[C@H]2O)O[C@@H]1O. The number of amides is 5. The van der Waals surface area contributed by atoms with Crippen LogP contribution >= 0.6 is 0 Å². The van der Waals surface area contributed by atoms with Gasteiger partial charge in [-0.1, -0.05) is 0 Å². The Hall–Kier alpha value is -5.22. The van der Waals surface area contributed by atoms with Crippen LogP contribution in [0.5, 0.6) is 0 Å². The second-order valence-electron chi connectivity index (χ2n) is 36.0. The van der Waals surface area contributed by atoms with Gasteiger partial charge in [0.25, 0.3) is 5.79 Å². The molecular weight excluding hydrogens is 1950 g/mol. The summed E-state index contributed by atoms with van der Waals surface area (Å²) in [5.74, 6) is -10.0. The molecule has 11 fully saturated rings. The average Bonchev–Trinajstić information content (AvgIpc) is 0.764. The lowest BCUT2D eigenvalue weighted by atomic mass is 9.88. The first kappa shape index (κ1) is 117. The van der Waals surface area contributed by atoms with E-state index in [0.29, 0.717) is 0 Å². The molecule has 56 atom stereocenters. The maximum atomic E-state index is 13.4. The van der Waals surface area contributed by atoms with Crippen LogP contribution in [0.3, 0.4) is 0 Å². The molecule has 0 aliphatic carbocycles. The lowest BCUT2D eigenvalue weighted by molar-refractivity contribution is -0.399. The highest BCUT2D eigenvalue weighted by Crippen LogP contribution is 2.43. The van der Waals surface area contributed by atoms with Crippen molar-refractivity contribution in [3.8, 4) is 0 Å². The minimum absolute atomic E-state index is 0.848. The number of aliphatic carboxylic acids is 1. The standard InChI is InChI=1S/C79H131N5O58/c1-18-40(99)51(110)56(115)72(125-18)122-16-34-63(47(106)36(68(119)126-34)81-20(3)93)135-69-37(82-21(4)94)48(107)62(31(14-91)130-69)138-75-59(118)65(46(105)32(133-75)15-123-76-66(54(113)43(102)27(10-87)128-76)140-70-38(83-22(5)95)49(108)60(29(12-89)131-70)136-73-57(116)52(111)42(101)26(9-86)127-73)139-77-67(55(114)44(103)28(11-88)129-77)141-71-39(84-23(6)96)50(109)61(30(13-90)132-71)137-74-58(117)53(112)45(104)33(134-74)17-124-79(78(120)121)7-24(97)35(80-19(2)92)64(142-79)41(100)25(98)8-85/h18,24-77,85-91,97-119H,7-17H2,1-6H3,(H,80,92)(H,81,93)(H,82,94)(H,83,95)(H,84,96)(H,120,121)/t18-,24+,25-,26-,27-,28-,29-,30-,31-,32-,33-,34-,35-,36-,37-,38-,39-,40+,41-,42+,43-,44-,45+,46-,47-,48-,49-,50-,51+,52+,53+,54+,55+,56-,57-,58-,59+,60-,61-,62-,63-,64-,65+,66+,67+,68+,69+,70+,71+,72+,73+,74+,75+,76+,77-,79-/m1/s1. The normalized spacial score (nSPS) is 48.0. The molecule has 11 rings (SSSR count). The molecule has 63 heteroatoms. The number of hydrogen-bond donors (Lipinski definition) is 36. The van der Waals surface area contributed by atoms with E-state index in [2.05, 4.69) is 26.6 Å². The molecule has 5 amide bonds. The summed E-state index contributed by atoms with van der Waals surface area (Å²) in [7, 11) is 0. The number of carbonyl (C=O) groups is 6. The topological polar surface area (TPSA) is 984 Å². The van der Waals surface area contributed by atoms with Gasteiger partial charge in [0.05, 0.1) is 84.3 Å². The van der Waals surface area contributed by atoms with E-state index >= 15 is 0 Å². The van der Waals surface area contributed by atoms with Gasteiger partial charge < -0.3 is 284 Å². The van der Waals surface area contributed by atoms with Crippen molar-refractivity contribution in [1.82, 2.24) is 26.6 Å². The van der Waals surface area contributed by atoms with Gasteiger partial charge in [-0.2, -0.15) is 0 Å². The zero-order valence-electron chi connectivity index (χ0n) is 76.4. The molecule has 0 aromatic heterocycles. The van der Waals surface area contributed by atoms with Gasteiger partial charge in [0.15, 0.2) is 62.9 Å². The fourth-order valence-electron chi connectivity index (χ4n) is 18.3. The van der Waals surface area contributed by atoms with Crippen molar-refractivity contribution in [2.45, 2.75) is 391 Å². The van der Waals surface area contributed by atoms with E-state index in [1.807, 2.05) is 0 Å². The summed E-state index contributed by atoms with van der Waals surface area (Å²) in [6.07, 6.45) is -110. The lowest BCUT2D eigenvalue weighted by Crippen LogP contribution is -2.71. The second kappa shape index (κ2) is 50.6. The summed E-state index contributed by atoms with van der Waals surface area (Å²) < 4.78 is 125. The first-order chi connectivity index (χ1) is 66.9. The zero-order chi connectivity index (χ0) is 105. The molecule has 0 unspecified atom stereocenters. The van der Waals surface area contributed by atoms with E-state index < -0.39 is 451 Å². The molecule has 11 heterocycles. The molecule has 11 saturated heterocycles. The van der Waals surface area contributed by atoms with Crippen molar-refractivity contribution in [3.63, 3.8) is 0 Å². The Balaban J connectivity index is 0.908. The van der Waals surface area contributed by atoms with Crippen LogP contribution in [0.4, 0.5) is 0 Å². The highest BCUT2D eigenvalue weighted by Gasteiger charge is 2.64. The highest BCUT2D eigenvalue weighted by molar-refractivity contribution is 5.77. The van der Waals surface area contributed by atoms with Crippen LogP contribution in [0.25, 0.3) is 0 Å². The fraction of sp³-hybridized carbons (Fsp3) is 0.924. The largest absolute Gasteiger partial charge is 0.477 e. The minimum Gasteiger partial charge on any atom is -0.477 e. The Morgan fingerprint density at radius 3 is 1.05 bits per heavy atom. The summed E-state index contributed by atoms with van der Waals surface area (Å²) >= 11 is 0. The zero-order valence-corrected chi connectivity index (χ0v) is 76.4. The summed E-state index contributed by atoms with van der Waals surface area (Å²) in [5.41, 5.74) is 0. The molecule has 36 N–H and O–H groups in total. The average molecular weight is 2080 g/mol. The molecule has 0 radical (unpaired) electrons. The molecule has 11 aliphatic rings. The van der Waals surface area contributed by atoms with Crippen LogP contribution in [0, 0.1) is 0 Å². The fourth-order valence-corrected chi connectivity index (χ4v) is 18.3. The van der Waals surface area contributed by atoms with Gasteiger partial charge in [-0.3, -0.25) is 24.0 Å². The molecule has 820 valence electrons. The molecule has 0 aromatic carbocycles. The van der Waals surface area contributed by atoms with Crippen LogP contribution in [-0.2, 0) is 128 Å². The van der Waals surface area contributed by atoms with Crippen molar-refractivity contribution < 1.29 is 287 Å². The third kappa shape index (κ3) is 26.0. The molecule has 0 spiro atoms. The number of carboxylic acid groups (broad SMARTS) is 1. The van der Waals surface area contributed by atoms with Crippen LogP contribution in [-0.4, -0.2) is 603 Å². The first-order valence-electron chi connectivity index (χ1n) is 45.1. The molecule has 0 saturated carbocycles. The summed E-state index contributed by atoms with van der Waals surface area (Å²) in [6, 6.07) is -9.70. The van der Waals surface area contributed by atoms with Gasteiger partial charge >= 0.3 is 5.97 Å². The van der Waals surface area contributed by atoms with Gasteiger partial charge in [0.2, 0.25) is 29.5 Å². The number of carboxylic acids is 1.